The van der Waals surface area contributed by atoms with Gasteiger partial charge in [0.1, 0.15) is 0 Å². The van der Waals surface area contributed by atoms with Crippen molar-refractivity contribution < 1.29 is 13.2 Å². The van der Waals surface area contributed by atoms with Crippen LogP contribution in [0.5, 0.6) is 0 Å². The van der Waals surface area contributed by atoms with Crippen molar-refractivity contribution in [3.05, 3.63) is 0 Å². The molecule has 0 N–H and O–H groups in total. The molecule has 3 nitrogen and oxygen atoms in total. The van der Waals surface area contributed by atoms with Crippen LogP contribution in [-0.4, -0.2) is 26.4 Å². The zero-order valence-corrected chi connectivity index (χ0v) is 9.33. The number of ether oxygens (including phenoxy) is 1. The summed E-state index contributed by atoms with van der Waals surface area (Å²) in [4.78, 5) is 0. The Bertz CT molecular complexity index is 255. The summed E-state index contributed by atoms with van der Waals surface area (Å²) in [6.07, 6.45) is 3.69. The molecule has 0 aromatic heterocycles. The van der Waals surface area contributed by atoms with Gasteiger partial charge in [-0.25, -0.2) is 8.42 Å². The van der Waals surface area contributed by atoms with Gasteiger partial charge in [-0.2, -0.15) is 0 Å². The molecule has 1 aliphatic rings. The molecule has 0 aromatic carbocycles. The van der Waals surface area contributed by atoms with E-state index < -0.39 is 14.7 Å². The van der Waals surface area contributed by atoms with Crippen LogP contribution in [0.1, 0.15) is 32.6 Å². The zero-order chi connectivity index (χ0) is 9.95. The minimum atomic E-state index is -3.44. The van der Waals surface area contributed by atoms with E-state index >= 15 is 0 Å². The molecule has 0 aliphatic heterocycles. The number of hydrogen-bond acceptors (Lipinski definition) is 3. The SMILES string of the molecule is CCOC1(CS(=O)(=O)Cl)CCCC1. The Kier molecular flexibility index (Phi) is 3.60. The van der Waals surface area contributed by atoms with Crippen LogP contribution in [0, 0.1) is 0 Å². The maximum absolute atomic E-state index is 11.0. The summed E-state index contributed by atoms with van der Waals surface area (Å²) in [6, 6.07) is 0. The van der Waals surface area contributed by atoms with E-state index in [9.17, 15) is 8.42 Å². The van der Waals surface area contributed by atoms with Crippen molar-refractivity contribution in [2.75, 3.05) is 12.4 Å². The van der Waals surface area contributed by atoms with Gasteiger partial charge in [0.15, 0.2) is 0 Å². The summed E-state index contributed by atoms with van der Waals surface area (Å²) in [5, 5.41) is 0. The highest BCUT2D eigenvalue weighted by Gasteiger charge is 2.38. The normalized spacial score (nSPS) is 22.0. The first-order chi connectivity index (χ1) is 5.97. The van der Waals surface area contributed by atoms with Gasteiger partial charge < -0.3 is 4.74 Å². The van der Waals surface area contributed by atoms with E-state index in [4.69, 9.17) is 15.4 Å². The number of halogens is 1. The molecule has 1 rings (SSSR count). The lowest BCUT2D eigenvalue weighted by molar-refractivity contribution is -0.0158. The highest BCUT2D eigenvalue weighted by Crippen LogP contribution is 2.35. The molecule has 0 saturated heterocycles. The van der Waals surface area contributed by atoms with E-state index in [1.807, 2.05) is 6.92 Å². The summed E-state index contributed by atoms with van der Waals surface area (Å²) in [5.74, 6) is -0.0462. The van der Waals surface area contributed by atoms with E-state index in [-0.39, 0.29) is 5.75 Å². The fraction of sp³-hybridized carbons (Fsp3) is 1.00. The van der Waals surface area contributed by atoms with Crippen molar-refractivity contribution >= 4 is 19.7 Å². The first kappa shape index (κ1) is 11.3. The molecule has 0 unspecified atom stereocenters. The third kappa shape index (κ3) is 3.44. The quantitative estimate of drug-likeness (QED) is 0.688. The molecule has 0 radical (unpaired) electrons. The Labute approximate surface area is 83.8 Å². The lowest BCUT2D eigenvalue weighted by atomic mass is 10.1. The smallest absolute Gasteiger partial charge is 0.235 e. The van der Waals surface area contributed by atoms with E-state index in [1.165, 1.54) is 0 Å². The fourth-order valence-electron chi connectivity index (χ4n) is 1.97. The van der Waals surface area contributed by atoms with E-state index in [2.05, 4.69) is 0 Å². The van der Waals surface area contributed by atoms with Gasteiger partial charge in [0.2, 0.25) is 9.05 Å². The molecular weight excluding hydrogens is 212 g/mol. The minimum absolute atomic E-state index is 0.0462. The number of rotatable bonds is 4. The maximum Gasteiger partial charge on any atom is 0.235 e. The van der Waals surface area contributed by atoms with Crippen molar-refractivity contribution in [2.45, 2.75) is 38.2 Å². The summed E-state index contributed by atoms with van der Waals surface area (Å²) < 4.78 is 27.4. The van der Waals surface area contributed by atoms with Gasteiger partial charge in [-0.3, -0.25) is 0 Å². The standard InChI is InChI=1S/C8H15ClO3S/c1-2-12-8(5-3-4-6-8)7-13(9,10)11/h2-7H2,1H3. The van der Waals surface area contributed by atoms with Gasteiger partial charge in [0.25, 0.3) is 0 Å². The molecule has 0 bridgehead atoms. The maximum atomic E-state index is 11.0. The molecule has 1 saturated carbocycles. The molecule has 0 atom stereocenters. The van der Waals surface area contributed by atoms with Crippen molar-refractivity contribution in [3.63, 3.8) is 0 Å². The van der Waals surface area contributed by atoms with Crippen LogP contribution >= 0.6 is 10.7 Å². The monoisotopic (exact) mass is 226 g/mol. The summed E-state index contributed by atoms with van der Waals surface area (Å²) in [6.45, 7) is 2.42. The molecule has 0 aromatic rings. The van der Waals surface area contributed by atoms with Crippen LogP contribution in [-0.2, 0) is 13.8 Å². The van der Waals surface area contributed by atoms with Crippen LogP contribution in [0.15, 0.2) is 0 Å². The highest BCUT2D eigenvalue weighted by atomic mass is 35.7. The second-order valence-corrected chi connectivity index (χ2v) is 6.28. The third-order valence-corrected chi connectivity index (χ3v) is 3.60. The summed E-state index contributed by atoms with van der Waals surface area (Å²) in [7, 11) is 1.79. The van der Waals surface area contributed by atoms with Crippen LogP contribution in [0.2, 0.25) is 0 Å². The van der Waals surface area contributed by atoms with Gasteiger partial charge in [-0.1, -0.05) is 12.8 Å². The van der Waals surface area contributed by atoms with Gasteiger partial charge >= 0.3 is 0 Å². The molecule has 0 spiro atoms. The van der Waals surface area contributed by atoms with Gasteiger partial charge in [-0.15, -0.1) is 0 Å². The lowest BCUT2D eigenvalue weighted by Gasteiger charge is -2.27. The van der Waals surface area contributed by atoms with E-state index in [1.54, 1.807) is 0 Å². The predicted octanol–water partition coefficient (Wildman–Crippen LogP) is 1.90. The predicted molar refractivity (Wildman–Crippen MR) is 52.5 cm³/mol. The summed E-state index contributed by atoms with van der Waals surface area (Å²) >= 11 is 0. The fourth-order valence-corrected chi connectivity index (χ4v) is 3.57. The molecule has 13 heavy (non-hydrogen) atoms. The van der Waals surface area contributed by atoms with Crippen LogP contribution in [0.3, 0.4) is 0 Å². The molecule has 78 valence electrons. The van der Waals surface area contributed by atoms with E-state index in [0.717, 1.165) is 25.7 Å². The van der Waals surface area contributed by atoms with Crippen LogP contribution in [0.25, 0.3) is 0 Å². The van der Waals surface area contributed by atoms with E-state index in [0.29, 0.717) is 6.61 Å². The topological polar surface area (TPSA) is 43.4 Å². The van der Waals surface area contributed by atoms with Crippen molar-refractivity contribution in [1.82, 2.24) is 0 Å². The molecule has 1 fully saturated rings. The minimum Gasteiger partial charge on any atom is -0.374 e. The van der Waals surface area contributed by atoms with Crippen LogP contribution < -0.4 is 0 Å². The van der Waals surface area contributed by atoms with Gasteiger partial charge in [0, 0.05) is 17.3 Å². The largest absolute Gasteiger partial charge is 0.374 e. The molecule has 1 aliphatic carbocycles. The third-order valence-electron chi connectivity index (χ3n) is 2.40. The second-order valence-electron chi connectivity index (χ2n) is 3.51. The first-order valence-corrected chi connectivity index (χ1v) is 7.02. The Morgan fingerprint density at radius 3 is 2.31 bits per heavy atom. The Morgan fingerprint density at radius 2 is 1.92 bits per heavy atom. The van der Waals surface area contributed by atoms with Crippen molar-refractivity contribution in [3.8, 4) is 0 Å². The molecular formula is C8H15ClO3S. The number of hydrogen-bond donors (Lipinski definition) is 0. The molecule has 5 heteroatoms. The second kappa shape index (κ2) is 4.15. The van der Waals surface area contributed by atoms with Crippen molar-refractivity contribution in [1.29, 1.82) is 0 Å². The van der Waals surface area contributed by atoms with Crippen molar-refractivity contribution in [2.24, 2.45) is 0 Å². The average Bonchev–Trinajstić information content (AvgIpc) is 2.33. The van der Waals surface area contributed by atoms with Gasteiger partial charge in [0.05, 0.1) is 11.4 Å². The Morgan fingerprint density at radius 1 is 1.38 bits per heavy atom. The van der Waals surface area contributed by atoms with Gasteiger partial charge in [-0.05, 0) is 19.8 Å². The molecule has 0 heterocycles. The summed E-state index contributed by atoms with van der Waals surface area (Å²) in [5.41, 5.74) is -0.491. The highest BCUT2D eigenvalue weighted by molar-refractivity contribution is 8.13. The Balaban J connectivity index is 2.67. The Hall–Kier alpha value is 0.200. The van der Waals surface area contributed by atoms with Crippen LogP contribution in [0.4, 0.5) is 0 Å². The average molecular weight is 227 g/mol. The molecule has 0 amide bonds. The lowest BCUT2D eigenvalue weighted by Crippen LogP contribution is -2.36. The zero-order valence-electron chi connectivity index (χ0n) is 7.75. The first-order valence-electron chi connectivity index (χ1n) is 4.54.